The van der Waals surface area contributed by atoms with Gasteiger partial charge >= 0.3 is 0 Å². The number of hydrogen-bond donors (Lipinski definition) is 2. The first-order valence-electron chi connectivity index (χ1n) is 13.2. The fourth-order valence-corrected chi connectivity index (χ4v) is 5.76. The molecule has 2 heterocycles. The van der Waals surface area contributed by atoms with Crippen LogP contribution in [0.2, 0.25) is 0 Å². The first-order chi connectivity index (χ1) is 19.4. The molecule has 4 aromatic rings. The lowest BCUT2D eigenvalue weighted by molar-refractivity contribution is 0.340. The van der Waals surface area contributed by atoms with Crippen molar-refractivity contribution in [1.82, 2.24) is 9.29 Å². The zero-order valence-electron chi connectivity index (χ0n) is 22.1. The van der Waals surface area contributed by atoms with E-state index in [4.69, 9.17) is 4.74 Å². The lowest BCUT2D eigenvalue weighted by atomic mass is 10.1. The van der Waals surface area contributed by atoms with Crippen LogP contribution < -0.4 is 15.0 Å². The molecule has 40 heavy (non-hydrogen) atoms. The summed E-state index contributed by atoms with van der Waals surface area (Å²) in [5, 5.41) is 12.2. The van der Waals surface area contributed by atoms with Gasteiger partial charge in [0, 0.05) is 30.0 Å². The number of aliphatic imine (C=N–C) groups is 2. The van der Waals surface area contributed by atoms with E-state index in [-0.39, 0.29) is 16.3 Å². The summed E-state index contributed by atoms with van der Waals surface area (Å²) in [7, 11) is -3.84. The molecule has 0 bridgehead atoms. The average molecular weight is 559 g/mol. The Morgan fingerprint density at radius 1 is 1.02 bits per heavy atom. The molecule has 0 saturated carbocycles. The van der Waals surface area contributed by atoms with Gasteiger partial charge in [0.25, 0.3) is 15.6 Å². The fourth-order valence-electron chi connectivity index (χ4n) is 4.63. The van der Waals surface area contributed by atoms with Gasteiger partial charge in [0.2, 0.25) is 5.88 Å². The molecule has 0 atom stereocenters. The maximum Gasteiger partial charge on any atom is 0.265 e. The third-order valence-electron chi connectivity index (χ3n) is 6.61. The molecule has 10 heteroatoms. The summed E-state index contributed by atoms with van der Waals surface area (Å²) in [6, 6.07) is 20.0. The van der Waals surface area contributed by atoms with Gasteiger partial charge in [0.05, 0.1) is 28.4 Å². The summed E-state index contributed by atoms with van der Waals surface area (Å²) in [6.07, 6.45) is 4.89. The molecular weight excluding hydrogens is 528 g/mol. The van der Waals surface area contributed by atoms with Crippen LogP contribution in [0.25, 0.3) is 16.5 Å². The van der Waals surface area contributed by atoms with Crippen LogP contribution in [-0.4, -0.2) is 43.3 Å². The monoisotopic (exact) mass is 558 g/mol. The molecule has 3 aromatic carbocycles. The summed E-state index contributed by atoms with van der Waals surface area (Å²) < 4.78 is 35.4. The van der Waals surface area contributed by atoms with Crippen LogP contribution in [0.3, 0.4) is 0 Å². The molecule has 5 rings (SSSR count). The average Bonchev–Trinajstić information content (AvgIpc) is 3.22. The Morgan fingerprint density at radius 2 is 1.80 bits per heavy atom. The lowest BCUT2D eigenvalue weighted by Crippen LogP contribution is -2.30. The van der Waals surface area contributed by atoms with Crippen molar-refractivity contribution in [2.45, 2.75) is 37.5 Å². The van der Waals surface area contributed by atoms with Gasteiger partial charge in [-0.3, -0.25) is 19.5 Å². The third-order valence-corrected chi connectivity index (χ3v) is 7.99. The summed E-state index contributed by atoms with van der Waals surface area (Å²) >= 11 is 0. The Balaban J connectivity index is 1.52. The minimum Gasteiger partial charge on any atom is -0.494 e. The molecular formula is C30H30N4O5S. The van der Waals surface area contributed by atoms with E-state index in [2.05, 4.69) is 14.7 Å². The van der Waals surface area contributed by atoms with E-state index >= 15 is 0 Å². The molecule has 0 fully saturated rings. The standard InChI is InChI=1S/C30H30N4O5S/c1-2-39-23-16-14-22(15-17-23)34-29(35)26-12-6-5-11-25(26)27(30(34)36)20-32-21-9-8-10-24(19-21)40(37,38)33-28-13-4-3-7-18-31-28/h5-6,8-12,14-17,19-20,36H,2-4,7,13,18H2,1H3,(H,31,33). The Labute approximate surface area is 232 Å². The van der Waals surface area contributed by atoms with Crippen LogP contribution in [0.1, 0.15) is 38.2 Å². The Hall–Kier alpha value is -4.44. The minimum atomic E-state index is -3.84. The number of aromatic nitrogens is 1. The van der Waals surface area contributed by atoms with E-state index in [1.54, 1.807) is 60.7 Å². The second-order valence-corrected chi connectivity index (χ2v) is 11.0. The smallest absolute Gasteiger partial charge is 0.265 e. The summed E-state index contributed by atoms with van der Waals surface area (Å²) in [4.78, 5) is 22.3. The number of aromatic hydroxyl groups is 1. The number of amidine groups is 1. The first-order valence-corrected chi connectivity index (χ1v) is 14.7. The van der Waals surface area contributed by atoms with Crippen LogP contribution in [0, 0.1) is 0 Å². The second kappa shape index (κ2) is 11.7. The fraction of sp³-hybridized carbons (Fsp3) is 0.233. The van der Waals surface area contributed by atoms with Crippen molar-refractivity contribution in [3.8, 4) is 17.3 Å². The van der Waals surface area contributed by atoms with Gasteiger partial charge < -0.3 is 9.84 Å². The SMILES string of the molecule is CCOc1ccc(-n2c(O)c(C=Nc3cccc(S(=O)(=O)NC4=NCCCCC4)c3)c3ccccc3c2=O)cc1. The van der Waals surface area contributed by atoms with Crippen molar-refractivity contribution in [3.63, 3.8) is 0 Å². The molecule has 2 N–H and O–H groups in total. The number of rotatable bonds is 7. The molecule has 0 aliphatic carbocycles. The first kappa shape index (κ1) is 27.1. The topological polar surface area (TPSA) is 122 Å². The molecule has 9 nitrogen and oxygen atoms in total. The molecule has 1 aromatic heterocycles. The number of nitrogens with one attached hydrogen (secondary N) is 1. The van der Waals surface area contributed by atoms with Gasteiger partial charge in [-0.2, -0.15) is 0 Å². The van der Waals surface area contributed by atoms with Crippen molar-refractivity contribution < 1.29 is 18.3 Å². The van der Waals surface area contributed by atoms with E-state index in [0.29, 0.717) is 58.9 Å². The van der Waals surface area contributed by atoms with E-state index < -0.39 is 10.0 Å². The zero-order chi connectivity index (χ0) is 28.1. The predicted molar refractivity (Wildman–Crippen MR) is 157 cm³/mol. The quantitative estimate of drug-likeness (QED) is 0.306. The highest BCUT2D eigenvalue weighted by atomic mass is 32.2. The number of nitrogens with zero attached hydrogens (tertiary/aromatic N) is 3. The van der Waals surface area contributed by atoms with Crippen LogP contribution in [0.4, 0.5) is 5.69 Å². The number of sulfonamides is 1. The van der Waals surface area contributed by atoms with Crippen LogP contribution in [0.15, 0.2) is 92.5 Å². The minimum absolute atomic E-state index is 0.0579. The largest absolute Gasteiger partial charge is 0.494 e. The number of hydrogen-bond acceptors (Lipinski definition) is 7. The van der Waals surface area contributed by atoms with Crippen molar-refractivity contribution in [1.29, 1.82) is 0 Å². The highest BCUT2D eigenvalue weighted by Crippen LogP contribution is 2.28. The molecule has 0 spiro atoms. The van der Waals surface area contributed by atoms with Crippen molar-refractivity contribution in [3.05, 3.63) is 88.7 Å². The van der Waals surface area contributed by atoms with E-state index in [1.165, 1.54) is 22.9 Å². The number of pyridine rings is 1. The molecule has 0 amide bonds. The summed E-state index contributed by atoms with van der Waals surface area (Å²) in [6.45, 7) is 3.00. The van der Waals surface area contributed by atoms with Crippen molar-refractivity contribution >= 4 is 38.5 Å². The maximum absolute atomic E-state index is 13.4. The normalized spacial score (nSPS) is 14.2. The van der Waals surface area contributed by atoms with Crippen molar-refractivity contribution in [2.24, 2.45) is 9.98 Å². The van der Waals surface area contributed by atoms with Crippen LogP contribution >= 0.6 is 0 Å². The van der Waals surface area contributed by atoms with Crippen molar-refractivity contribution in [2.75, 3.05) is 13.2 Å². The maximum atomic E-state index is 13.4. The Bertz CT molecular complexity index is 1760. The Morgan fingerprint density at radius 3 is 2.58 bits per heavy atom. The van der Waals surface area contributed by atoms with Gasteiger partial charge in [0.1, 0.15) is 11.6 Å². The number of ether oxygens (including phenoxy) is 1. The van der Waals surface area contributed by atoms with Crippen LogP contribution in [-0.2, 0) is 10.0 Å². The van der Waals surface area contributed by atoms with Gasteiger partial charge in [-0.1, -0.05) is 30.7 Å². The zero-order valence-corrected chi connectivity index (χ0v) is 22.9. The Kier molecular flexibility index (Phi) is 7.97. The van der Waals surface area contributed by atoms with E-state index in [1.807, 2.05) is 6.92 Å². The number of fused-ring (bicyclic) bond motifs is 1. The van der Waals surface area contributed by atoms with E-state index in [0.717, 1.165) is 19.3 Å². The molecule has 0 radical (unpaired) electrons. The highest BCUT2D eigenvalue weighted by Gasteiger charge is 2.19. The summed E-state index contributed by atoms with van der Waals surface area (Å²) in [5.74, 6) is 0.838. The predicted octanol–water partition coefficient (Wildman–Crippen LogP) is 5.10. The van der Waals surface area contributed by atoms with Gasteiger partial charge in [-0.05, 0) is 68.3 Å². The molecule has 1 aliphatic heterocycles. The molecule has 0 unspecified atom stereocenters. The van der Waals surface area contributed by atoms with E-state index in [9.17, 15) is 18.3 Å². The number of benzene rings is 3. The third kappa shape index (κ3) is 5.76. The molecule has 1 aliphatic rings. The van der Waals surface area contributed by atoms with Gasteiger partial charge in [-0.15, -0.1) is 0 Å². The second-order valence-electron chi connectivity index (χ2n) is 9.35. The lowest BCUT2D eigenvalue weighted by Gasteiger charge is -2.14. The van der Waals surface area contributed by atoms with Gasteiger partial charge in [0.15, 0.2) is 0 Å². The molecule has 206 valence electrons. The molecule has 0 saturated heterocycles. The van der Waals surface area contributed by atoms with Gasteiger partial charge in [-0.25, -0.2) is 13.0 Å². The summed E-state index contributed by atoms with van der Waals surface area (Å²) in [5.41, 5.74) is 0.776. The van der Waals surface area contributed by atoms with Crippen LogP contribution in [0.5, 0.6) is 11.6 Å². The highest BCUT2D eigenvalue weighted by molar-refractivity contribution is 7.90.